The summed E-state index contributed by atoms with van der Waals surface area (Å²) in [6.07, 6.45) is 0. The smallest absolute Gasteiger partial charge is 0.256 e. The van der Waals surface area contributed by atoms with Gasteiger partial charge in [-0.3, -0.25) is 9.59 Å². The van der Waals surface area contributed by atoms with Crippen molar-refractivity contribution in [3.8, 4) is 17.0 Å². The van der Waals surface area contributed by atoms with Crippen molar-refractivity contribution < 1.29 is 14.3 Å². The summed E-state index contributed by atoms with van der Waals surface area (Å²) >= 11 is 2.68. The van der Waals surface area contributed by atoms with Gasteiger partial charge in [-0.05, 0) is 18.2 Å². The van der Waals surface area contributed by atoms with Crippen molar-refractivity contribution in [2.45, 2.75) is 4.34 Å². The molecule has 2 N–H and O–H groups in total. The Morgan fingerprint density at radius 2 is 1.93 bits per heavy atom. The Morgan fingerprint density at radius 1 is 1.14 bits per heavy atom. The summed E-state index contributed by atoms with van der Waals surface area (Å²) < 4.78 is 5.90. The molecule has 144 valence electrons. The molecule has 0 saturated heterocycles. The minimum absolute atomic E-state index is 0.0802. The lowest BCUT2D eigenvalue weighted by Crippen LogP contribution is -2.19. The second-order valence-corrected chi connectivity index (χ2v) is 7.89. The molecule has 0 fully saturated rings. The molecular weight excluding hydrogens is 394 g/mol. The van der Waals surface area contributed by atoms with Crippen LogP contribution in [0.15, 0.2) is 58.9 Å². The fourth-order valence-corrected chi connectivity index (χ4v) is 4.31. The van der Waals surface area contributed by atoms with Crippen molar-refractivity contribution in [1.82, 2.24) is 10.3 Å². The zero-order valence-corrected chi connectivity index (χ0v) is 17.0. The Labute approximate surface area is 171 Å². The van der Waals surface area contributed by atoms with Crippen LogP contribution in [0.25, 0.3) is 11.3 Å². The number of thioether (sulfide) groups is 1. The van der Waals surface area contributed by atoms with Crippen LogP contribution in [0.2, 0.25) is 0 Å². The molecule has 0 saturated carbocycles. The molecule has 2 amide bonds. The summed E-state index contributed by atoms with van der Waals surface area (Å²) in [4.78, 5) is 28.9. The number of aromatic nitrogens is 1. The first-order valence-corrected chi connectivity index (χ1v) is 10.3. The van der Waals surface area contributed by atoms with Crippen molar-refractivity contribution in [1.29, 1.82) is 0 Å². The van der Waals surface area contributed by atoms with Gasteiger partial charge in [0.05, 0.1) is 12.9 Å². The van der Waals surface area contributed by atoms with Crippen molar-refractivity contribution >= 4 is 39.9 Å². The van der Waals surface area contributed by atoms with E-state index >= 15 is 0 Å². The summed E-state index contributed by atoms with van der Waals surface area (Å²) in [5.41, 5.74) is 2.07. The van der Waals surface area contributed by atoms with Crippen LogP contribution in [0.3, 0.4) is 0 Å². The number of anilines is 1. The first-order valence-electron chi connectivity index (χ1n) is 8.45. The first-order chi connectivity index (χ1) is 13.6. The van der Waals surface area contributed by atoms with Crippen LogP contribution in [-0.2, 0) is 4.79 Å². The first kappa shape index (κ1) is 19.9. The summed E-state index contributed by atoms with van der Waals surface area (Å²) in [7, 11) is 3.16. The standard InChI is InChI=1S/C20H19N3O3S2/c1-21-16(24)12-27-20-22-17(13-7-4-3-5-8-13)19(28-20)23-18(25)14-9-6-10-15(11-14)26-2/h3-11H,12H2,1-2H3,(H,21,24)(H,23,25). The highest BCUT2D eigenvalue weighted by molar-refractivity contribution is 8.01. The SMILES string of the molecule is CNC(=O)CSc1nc(-c2ccccc2)c(NC(=O)c2cccc(OC)c2)s1. The number of carbonyl (C=O) groups is 2. The van der Waals surface area contributed by atoms with E-state index in [0.29, 0.717) is 26.3 Å². The minimum Gasteiger partial charge on any atom is -0.497 e. The summed E-state index contributed by atoms with van der Waals surface area (Å²) in [6, 6.07) is 16.6. The molecule has 8 heteroatoms. The van der Waals surface area contributed by atoms with Crippen molar-refractivity contribution in [2.75, 3.05) is 25.2 Å². The van der Waals surface area contributed by atoms with Gasteiger partial charge in [0, 0.05) is 18.2 Å². The highest BCUT2D eigenvalue weighted by Gasteiger charge is 2.17. The lowest BCUT2D eigenvalue weighted by molar-refractivity contribution is -0.118. The average Bonchev–Trinajstić information content (AvgIpc) is 3.15. The Morgan fingerprint density at radius 3 is 2.64 bits per heavy atom. The number of rotatable bonds is 7. The number of ether oxygens (including phenoxy) is 1. The van der Waals surface area contributed by atoms with E-state index < -0.39 is 0 Å². The lowest BCUT2D eigenvalue weighted by Gasteiger charge is -2.06. The van der Waals surface area contributed by atoms with Crippen LogP contribution < -0.4 is 15.4 Å². The molecule has 2 aromatic carbocycles. The number of nitrogens with one attached hydrogen (secondary N) is 2. The summed E-state index contributed by atoms with van der Waals surface area (Å²) in [5.74, 6) is 0.551. The van der Waals surface area contributed by atoms with Gasteiger partial charge in [0.1, 0.15) is 16.4 Å². The molecular formula is C20H19N3O3S2. The second-order valence-electron chi connectivity index (χ2n) is 5.67. The number of hydrogen-bond acceptors (Lipinski definition) is 6. The number of hydrogen-bond donors (Lipinski definition) is 2. The van der Waals surface area contributed by atoms with Gasteiger partial charge in [-0.25, -0.2) is 4.98 Å². The third-order valence-corrected chi connectivity index (χ3v) is 5.93. The van der Waals surface area contributed by atoms with E-state index in [2.05, 4.69) is 15.6 Å². The molecule has 3 rings (SSSR count). The van der Waals surface area contributed by atoms with Crippen molar-refractivity contribution in [2.24, 2.45) is 0 Å². The number of carbonyl (C=O) groups excluding carboxylic acids is 2. The molecule has 0 aliphatic heterocycles. The van der Waals surface area contributed by atoms with Gasteiger partial charge in [-0.1, -0.05) is 59.5 Å². The Hall–Kier alpha value is -2.84. The van der Waals surface area contributed by atoms with Gasteiger partial charge >= 0.3 is 0 Å². The van der Waals surface area contributed by atoms with Crippen LogP contribution in [0.5, 0.6) is 5.75 Å². The highest BCUT2D eigenvalue weighted by Crippen LogP contribution is 2.37. The van der Waals surface area contributed by atoms with Gasteiger partial charge in [-0.15, -0.1) is 0 Å². The molecule has 6 nitrogen and oxygen atoms in total. The zero-order valence-electron chi connectivity index (χ0n) is 15.4. The van der Waals surface area contributed by atoms with E-state index in [1.54, 1.807) is 38.4 Å². The van der Waals surface area contributed by atoms with Crippen molar-refractivity contribution in [3.63, 3.8) is 0 Å². The number of methoxy groups -OCH3 is 1. The lowest BCUT2D eigenvalue weighted by atomic mass is 10.1. The van der Waals surface area contributed by atoms with E-state index in [9.17, 15) is 9.59 Å². The fourth-order valence-electron chi connectivity index (χ4n) is 2.38. The normalized spacial score (nSPS) is 10.4. The molecule has 0 bridgehead atoms. The molecule has 0 aliphatic carbocycles. The molecule has 1 aromatic heterocycles. The highest BCUT2D eigenvalue weighted by atomic mass is 32.2. The van der Waals surface area contributed by atoms with E-state index in [4.69, 9.17) is 4.74 Å². The van der Waals surface area contributed by atoms with Gasteiger partial charge in [-0.2, -0.15) is 0 Å². The Balaban J connectivity index is 1.88. The third-order valence-electron chi connectivity index (χ3n) is 3.82. The predicted octanol–water partition coefficient (Wildman–Crippen LogP) is 3.91. The monoisotopic (exact) mass is 413 g/mol. The Kier molecular flexibility index (Phi) is 6.67. The molecule has 0 radical (unpaired) electrons. The molecule has 0 spiro atoms. The van der Waals surface area contributed by atoms with Crippen LogP contribution in [0, 0.1) is 0 Å². The molecule has 0 aliphatic rings. The maximum absolute atomic E-state index is 12.7. The van der Waals surface area contributed by atoms with E-state index in [1.807, 2.05) is 30.3 Å². The van der Waals surface area contributed by atoms with E-state index in [1.165, 1.54) is 23.1 Å². The van der Waals surface area contributed by atoms with Crippen LogP contribution in [0.4, 0.5) is 5.00 Å². The van der Waals surface area contributed by atoms with Gasteiger partial charge < -0.3 is 15.4 Å². The molecule has 3 aromatic rings. The average molecular weight is 414 g/mol. The topological polar surface area (TPSA) is 80.3 Å². The van der Waals surface area contributed by atoms with Crippen molar-refractivity contribution in [3.05, 3.63) is 60.2 Å². The van der Waals surface area contributed by atoms with Gasteiger partial charge in [0.2, 0.25) is 5.91 Å². The third kappa shape index (κ3) is 4.90. The van der Waals surface area contributed by atoms with Crippen LogP contribution in [0.1, 0.15) is 10.4 Å². The number of nitrogens with zero attached hydrogens (tertiary/aromatic N) is 1. The number of benzene rings is 2. The predicted molar refractivity (Wildman–Crippen MR) is 113 cm³/mol. The molecule has 0 atom stereocenters. The maximum atomic E-state index is 12.7. The Bertz CT molecular complexity index is 974. The number of thiazole rings is 1. The van der Waals surface area contributed by atoms with Crippen LogP contribution in [-0.4, -0.2) is 36.7 Å². The van der Waals surface area contributed by atoms with Crippen LogP contribution >= 0.6 is 23.1 Å². The number of amides is 2. The summed E-state index contributed by atoms with van der Waals surface area (Å²) in [6.45, 7) is 0. The molecule has 1 heterocycles. The molecule has 28 heavy (non-hydrogen) atoms. The largest absolute Gasteiger partial charge is 0.497 e. The van der Waals surface area contributed by atoms with E-state index in [0.717, 1.165) is 5.56 Å². The maximum Gasteiger partial charge on any atom is 0.256 e. The van der Waals surface area contributed by atoms with Gasteiger partial charge in [0.25, 0.3) is 5.91 Å². The fraction of sp³-hybridized carbons (Fsp3) is 0.150. The van der Waals surface area contributed by atoms with E-state index in [-0.39, 0.29) is 17.6 Å². The molecule has 0 unspecified atom stereocenters. The summed E-state index contributed by atoms with van der Waals surface area (Å²) in [5, 5.41) is 6.17. The quantitative estimate of drug-likeness (QED) is 0.574. The second kappa shape index (κ2) is 9.38. The van der Waals surface area contributed by atoms with Gasteiger partial charge in [0.15, 0.2) is 4.34 Å². The minimum atomic E-state index is -0.248. The zero-order chi connectivity index (χ0) is 19.9.